The maximum absolute atomic E-state index is 12.8. The highest BCUT2D eigenvalue weighted by atomic mass is 16.5. The molecule has 2 aromatic heterocycles. The van der Waals surface area contributed by atoms with Gasteiger partial charge in [-0.1, -0.05) is 30.3 Å². The fourth-order valence-electron chi connectivity index (χ4n) is 3.49. The van der Waals surface area contributed by atoms with Gasteiger partial charge in [-0.2, -0.15) is 4.98 Å². The molecule has 4 rings (SSSR count). The zero-order valence-electron chi connectivity index (χ0n) is 15.5. The fourth-order valence-corrected chi connectivity index (χ4v) is 3.49. The predicted molar refractivity (Wildman–Crippen MR) is 102 cm³/mol. The average molecular weight is 369 g/mol. The molecule has 0 radical (unpaired) electrons. The molecule has 3 aromatic rings. The molecular weight excluding hydrogens is 346 g/mol. The molecule has 1 aliphatic heterocycles. The summed E-state index contributed by atoms with van der Waals surface area (Å²) in [4.78, 5) is 29.7. The maximum atomic E-state index is 12.8. The maximum Gasteiger partial charge on any atom is 0.332 e. The van der Waals surface area contributed by atoms with Crippen LogP contribution in [0.3, 0.4) is 0 Å². The van der Waals surface area contributed by atoms with Gasteiger partial charge in [0.1, 0.15) is 6.10 Å². The monoisotopic (exact) mass is 369 g/mol. The van der Waals surface area contributed by atoms with E-state index in [9.17, 15) is 9.59 Å². The van der Waals surface area contributed by atoms with Crippen molar-refractivity contribution in [2.24, 2.45) is 14.1 Å². The predicted octanol–water partition coefficient (Wildman–Crippen LogP) is 0.613. The molecule has 0 amide bonds. The molecule has 0 aliphatic carbocycles. The molecule has 0 bridgehead atoms. The first-order chi connectivity index (χ1) is 13.1. The molecule has 1 fully saturated rings. The van der Waals surface area contributed by atoms with Crippen molar-refractivity contribution in [3.8, 4) is 6.01 Å². The summed E-state index contributed by atoms with van der Waals surface area (Å²) < 4.78 is 10.5. The normalized spacial score (nSPS) is 15.3. The Morgan fingerprint density at radius 2 is 1.81 bits per heavy atom. The summed E-state index contributed by atoms with van der Waals surface area (Å²) in [6, 6.07) is 10.2. The Hall–Kier alpha value is -2.87. The Bertz CT molecular complexity index is 1070. The number of imidazole rings is 1. The van der Waals surface area contributed by atoms with Gasteiger partial charge in [0.25, 0.3) is 11.6 Å². The molecule has 8 nitrogen and oxygen atoms in total. The van der Waals surface area contributed by atoms with Gasteiger partial charge in [-0.15, -0.1) is 0 Å². The van der Waals surface area contributed by atoms with E-state index in [-0.39, 0.29) is 11.7 Å². The number of nitrogens with zero attached hydrogens (tertiary/aromatic N) is 4. The van der Waals surface area contributed by atoms with Crippen molar-refractivity contribution in [2.45, 2.75) is 25.5 Å². The molecule has 3 heterocycles. The van der Waals surface area contributed by atoms with Crippen LogP contribution in [0.15, 0.2) is 39.9 Å². The zero-order chi connectivity index (χ0) is 19.0. The Balaban J connectivity index is 1.88. The van der Waals surface area contributed by atoms with Crippen molar-refractivity contribution in [3.05, 3.63) is 56.7 Å². The van der Waals surface area contributed by atoms with E-state index in [2.05, 4.69) is 10.3 Å². The van der Waals surface area contributed by atoms with Crippen LogP contribution < -0.4 is 21.3 Å². The second-order valence-electron chi connectivity index (χ2n) is 6.91. The van der Waals surface area contributed by atoms with Gasteiger partial charge < -0.3 is 10.1 Å². The Kier molecular flexibility index (Phi) is 4.57. The summed E-state index contributed by atoms with van der Waals surface area (Å²) in [7, 11) is 3.11. The summed E-state index contributed by atoms with van der Waals surface area (Å²) in [6.07, 6.45) is 1.80. The third-order valence-corrected chi connectivity index (χ3v) is 5.05. The highest BCUT2D eigenvalue weighted by Crippen LogP contribution is 2.22. The third kappa shape index (κ3) is 3.16. The lowest BCUT2D eigenvalue weighted by Gasteiger charge is -2.23. The van der Waals surface area contributed by atoms with E-state index >= 15 is 0 Å². The van der Waals surface area contributed by atoms with Crippen molar-refractivity contribution in [1.29, 1.82) is 0 Å². The van der Waals surface area contributed by atoms with Gasteiger partial charge in [0.05, 0.1) is 6.54 Å². The second kappa shape index (κ2) is 7.03. The largest absolute Gasteiger partial charge is 0.461 e. The van der Waals surface area contributed by atoms with E-state index in [1.165, 1.54) is 11.6 Å². The molecular formula is C19H23N5O3. The van der Waals surface area contributed by atoms with Gasteiger partial charge in [-0.25, -0.2) is 4.79 Å². The van der Waals surface area contributed by atoms with Gasteiger partial charge >= 0.3 is 5.69 Å². The molecule has 1 aliphatic rings. The summed E-state index contributed by atoms with van der Waals surface area (Å²) in [5.74, 6) is 0. The fraction of sp³-hybridized carbons (Fsp3) is 0.421. The second-order valence-corrected chi connectivity index (χ2v) is 6.91. The van der Waals surface area contributed by atoms with Crippen LogP contribution in [0.5, 0.6) is 6.01 Å². The molecule has 0 spiro atoms. The topological polar surface area (TPSA) is 83.1 Å². The number of aryl methyl sites for hydroxylation is 1. The number of hydrogen-bond acceptors (Lipinski definition) is 5. The van der Waals surface area contributed by atoms with Gasteiger partial charge in [0, 0.05) is 14.1 Å². The van der Waals surface area contributed by atoms with Gasteiger partial charge in [0.2, 0.25) is 0 Å². The molecule has 0 atom stereocenters. The van der Waals surface area contributed by atoms with E-state index in [0.29, 0.717) is 23.7 Å². The highest BCUT2D eigenvalue weighted by molar-refractivity contribution is 5.72. The molecule has 1 aromatic carbocycles. The number of ether oxygens (including phenoxy) is 1. The number of nitrogens with one attached hydrogen (secondary N) is 1. The molecule has 27 heavy (non-hydrogen) atoms. The van der Waals surface area contributed by atoms with E-state index < -0.39 is 5.69 Å². The first-order valence-corrected chi connectivity index (χ1v) is 9.14. The quantitative estimate of drug-likeness (QED) is 0.729. The number of piperidine rings is 1. The van der Waals surface area contributed by atoms with Gasteiger partial charge in [-0.05, 0) is 31.5 Å². The van der Waals surface area contributed by atoms with E-state index in [1.54, 1.807) is 11.6 Å². The van der Waals surface area contributed by atoms with Crippen molar-refractivity contribution < 1.29 is 4.74 Å². The number of rotatable bonds is 4. The molecule has 1 N–H and O–H groups in total. The first-order valence-electron chi connectivity index (χ1n) is 9.14. The number of fused-ring (bicyclic) bond motifs is 1. The van der Waals surface area contributed by atoms with E-state index in [0.717, 1.165) is 36.1 Å². The van der Waals surface area contributed by atoms with Crippen LogP contribution in [-0.2, 0) is 20.6 Å². The number of aromatic nitrogens is 4. The molecule has 142 valence electrons. The first kappa shape index (κ1) is 17.5. The van der Waals surface area contributed by atoms with Gasteiger partial charge in [-0.3, -0.25) is 18.5 Å². The molecule has 8 heteroatoms. The van der Waals surface area contributed by atoms with Crippen LogP contribution in [-0.4, -0.2) is 37.9 Å². The Morgan fingerprint density at radius 3 is 2.52 bits per heavy atom. The minimum atomic E-state index is -0.398. The molecule has 0 unspecified atom stereocenters. The van der Waals surface area contributed by atoms with Crippen molar-refractivity contribution in [2.75, 3.05) is 13.1 Å². The lowest BCUT2D eigenvalue weighted by Crippen LogP contribution is -2.37. The van der Waals surface area contributed by atoms with Crippen molar-refractivity contribution in [1.82, 2.24) is 24.0 Å². The zero-order valence-corrected chi connectivity index (χ0v) is 15.5. The van der Waals surface area contributed by atoms with Crippen LogP contribution in [0.4, 0.5) is 0 Å². The SMILES string of the molecule is Cn1c(=O)c2c(nc(OC3CCNCC3)n2Cc2ccccc2)n(C)c1=O. The standard InChI is InChI=1S/C19H23N5O3/c1-22-16-15(17(25)23(2)19(22)26)24(12-13-6-4-3-5-7-13)18(21-16)27-14-8-10-20-11-9-14/h3-7,14,20H,8-12H2,1-2H3. The van der Waals surface area contributed by atoms with Gasteiger partial charge in [0.15, 0.2) is 11.2 Å². The van der Waals surface area contributed by atoms with Crippen molar-refractivity contribution >= 4 is 11.2 Å². The Labute approximate surface area is 156 Å². The van der Waals surface area contributed by atoms with Crippen LogP contribution >= 0.6 is 0 Å². The van der Waals surface area contributed by atoms with Crippen LogP contribution in [0.2, 0.25) is 0 Å². The lowest BCUT2D eigenvalue weighted by molar-refractivity contribution is 0.144. The van der Waals surface area contributed by atoms with Crippen molar-refractivity contribution in [3.63, 3.8) is 0 Å². The Morgan fingerprint density at radius 1 is 1.11 bits per heavy atom. The summed E-state index contributed by atoms with van der Waals surface area (Å²) in [5.41, 5.74) is 1.00. The lowest BCUT2D eigenvalue weighted by atomic mass is 10.1. The number of hydrogen-bond donors (Lipinski definition) is 1. The van der Waals surface area contributed by atoms with Crippen LogP contribution in [0.1, 0.15) is 18.4 Å². The van der Waals surface area contributed by atoms with Crippen LogP contribution in [0, 0.1) is 0 Å². The molecule has 0 saturated carbocycles. The third-order valence-electron chi connectivity index (χ3n) is 5.05. The molecule has 1 saturated heterocycles. The smallest absolute Gasteiger partial charge is 0.332 e. The summed E-state index contributed by atoms with van der Waals surface area (Å²) >= 11 is 0. The number of benzene rings is 1. The summed E-state index contributed by atoms with van der Waals surface area (Å²) in [6.45, 7) is 2.23. The summed E-state index contributed by atoms with van der Waals surface area (Å²) in [5, 5.41) is 3.31. The minimum Gasteiger partial charge on any atom is -0.461 e. The van der Waals surface area contributed by atoms with Crippen LogP contribution in [0.25, 0.3) is 11.2 Å². The highest BCUT2D eigenvalue weighted by Gasteiger charge is 2.23. The average Bonchev–Trinajstić information content (AvgIpc) is 3.04. The van der Waals surface area contributed by atoms with E-state index in [1.807, 2.05) is 30.3 Å². The minimum absolute atomic E-state index is 0.0402. The van der Waals surface area contributed by atoms with E-state index in [4.69, 9.17) is 4.74 Å².